The van der Waals surface area contributed by atoms with Gasteiger partial charge in [-0.2, -0.15) is 8.78 Å². The highest BCUT2D eigenvalue weighted by Crippen LogP contribution is 2.28. The number of anilines is 1. The van der Waals surface area contributed by atoms with Crippen molar-refractivity contribution in [1.29, 1.82) is 0 Å². The normalized spacial score (nSPS) is 10.8. The van der Waals surface area contributed by atoms with Gasteiger partial charge in [-0.3, -0.25) is 4.79 Å². The van der Waals surface area contributed by atoms with Gasteiger partial charge in [-0.25, -0.2) is 0 Å². The fraction of sp³-hybridized carbons (Fsp3) is 0.118. The number of halogens is 3. The van der Waals surface area contributed by atoms with Crippen molar-refractivity contribution in [2.45, 2.75) is 11.8 Å². The van der Waals surface area contributed by atoms with E-state index in [1.54, 1.807) is 24.3 Å². The second-order valence-electron chi connectivity index (χ2n) is 5.09. The Balaban J connectivity index is 1.53. The SMILES string of the molecule is O=C(CSc1nnc(-c2ccccc2Cl)o1)Nc1ccc(OC(F)F)cc1. The molecule has 3 rings (SSSR count). The first-order chi connectivity index (χ1) is 13.0. The third-order valence-corrected chi connectivity index (χ3v) is 4.35. The number of thioether (sulfide) groups is 1. The van der Waals surface area contributed by atoms with Crippen molar-refractivity contribution in [2.75, 3.05) is 11.1 Å². The van der Waals surface area contributed by atoms with Crippen molar-refractivity contribution in [2.24, 2.45) is 0 Å². The molecule has 27 heavy (non-hydrogen) atoms. The molecule has 0 saturated heterocycles. The van der Waals surface area contributed by atoms with E-state index >= 15 is 0 Å². The molecule has 0 radical (unpaired) electrons. The minimum atomic E-state index is -2.90. The molecule has 1 amide bonds. The van der Waals surface area contributed by atoms with Crippen LogP contribution < -0.4 is 10.1 Å². The molecule has 10 heteroatoms. The van der Waals surface area contributed by atoms with E-state index in [9.17, 15) is 13.6 Å². The van der Waals surface area contributed by atoms with Crippen LogP contribution >= 0.6 is 23.4 Å². The summed E-state index contributed by atoms with van der Waals surface area (Å²) < 4.78 is 33.9. The van der Waals surface area contributed by atoms with Crippen molar-refractivity contribution in [1.82, 2.24) is 10.2 Å². The molecule has 0 unspecified atom stereocenters. The molecule has 0 saturated carbocycles. The van der Waals surface area contributed by atoms with E-state index in [1.807, 2.05) is 0 Å². The summed E-state index contributed by atoms with van der Waals surface area (Å²) in [7, 11) is 0. The van der Waals surface area contributed by atoms with Crippen LogP contribution in [0, 0.1) is 0 Å². The lowest BCUT2D eigenvalue weighted by Gasteiger charge is -2.06. The maximum absolute atomic E-state index is 12.1. The standard InChI is InChI=1S/C17H12ClF2N3O3S/c18-13-4-2-1-3-12(13)15-22-23-17(26-15)27-9-14(24)21-10-5-7-11(8-6-10)25-16(19)20/h1-8,16H,9H2,(H,21,24). The second-order valence-corrected chi connectivity index (χ2v) is 6.43. The van der Waals surface area contributed by atoms with Gasteiger partial charge in [0, 0.05) is 5.69 Å². The zero-order chi connectivity index (χ0) is 19.2. The molecule has 6 nitrogen and oxygen atoms in total. The van der Waals surface area contributed by atoms with Crippen molar-refractivity contribution >= 4 is 35.0 Å². The van der Waals surface area contributed by atoms with Crippen LogP contribution in [-0.2, 0) is 4.79 Å². The number of aromatic nitrogens is 2. The summed E-state index contributed by atoms with van der Waals surface area (Å²) in [5.41, 5.74) is 1.05. The number of amides is 1. The number of nitrogens with zero attached hydrogens (tertiary/aromatic N) is 2. The number of hydrogen-bond acceptors (Lipinski definition) is 6. The van der Waals surface area contributed by atoms with Crippen LogP contribution in [-0.4, -0.2) is 28.5 Å². The van der Waals surface area contributed by atoms with Gasteiger partial charge < -0.3 is 14.5 Å². The van der Waals surface area contributed by atoms with E-state index in [0.717, 1.165) is 11.8 Å². The van der Waals surface area contributed by atoms with E-state index in [4.69, 9.17) is 16.0 Å². The Morgan fingerprint density at radius 3 is 2.63 bits per heavy atom. The van der Waals surface area contributed by atoms with Crippen LogP contribution in [0.2, 0.25) is 5.02 Å². The fourth-order valence-electron chi connectivity index (χ4n) is 2.06. The predicted octanol–water partition coefficient (Wildman–Crippen LogP) is 4.72. The molecule has 2 aromatic carbocycles. The zero-order valence-corrected chi connectivity index (χ0v) is 15.1. The van der Waals surface area contributed by atoms with Gasteiger partial charge in [0.15, 0.2) is 0 Å². The predicted molar refractivity (Wildman–Crippen MR) is 97.2 cm³/mol. The number of benzene rings is 2. The van der Waals surface area contributed by atoms with Crippen LogP contribution in [0.5, 0.6) is 5.75 Å². The van der Waals surface area contributed by atoms with Crippen LogP contribution in [0.1, 0.15) is 0 Å². The number of hydrogen-bond donors (Lipinski definition) is 1. The largest absolute Gasteiger partial charge is 0.435 e. The highest BCUT2D eigenvalue weighted by atomic mass is 35.5. The zero-order valence-electron chi connectivity index (χ0n) is 13.6. The molecule has 0 spiro atoms. The third-order valence-electron chi connectivity index (χ3n) is 3.20. The molecule has 0 aliphatic heterocycles. The van der Waals surface area contributed by atoms with Gasteiger partial charge in [-0.15, -0.1) is 10.2 Å². The first-order valence-corrected chi connectivity index (χ1v) is 8.93. The van der Waals surface area contributed by atoms with E-state index in [-0.39, 0.29) is 28.5 Å². The molecule has 140 valence electrons. The number of alkyl halides is 2. The summed E-state index contributed by atoms with van der Waals surface area (Å²) in [5.74, 6) is -0.0205. The Labute approximate surface area is 161 Å². The number of nitrogens with one attached hydrogen (secondary N) is 1. The van der Waals surface area contributed by atoms with Gasteiger partial charge >= 0.3 is 6.61 Å². The van der Waals surface area contributed by atoms with Crippen LogP contribution in [0.3, 0.4) is 0 Å². The molecular formula is C17H12ClF2N3O3S. The molecule has 0 fully saturated rings. The summed E-state index contributed by atoms with van der Waals surface area (Å²) in [6, 6.07) is 12.6. The Kier molecular flexibility index (Phi) is 6.25. The number of carbonyl (C=O) groups excluding carboxylic acids is 1. The van der Waals surface area contributed by atoms with Crippen LogP contribution in [0.15, 0.2) is 58.2 Å². The van der Waals surface area contributed by atoms with E-state index in [2.05, 4.69) is 20.3 Å². The molecule has 0 atom stereocenters. The fourth-order valence-corrected chi connectivity index (χ4v) is 2.84. The second kappa shape index (κ2) is 8.83. The minimum absolute atomic E-state index is 0.00957. The van der Waals surface area contributed by atoms with Gasteiger partial charge in [-0.05, 0) is 36.4 Å². The smallest absolute Gasteiger partial charge is 0.387 e. The Bertz CT molecular complexity index is 922. The number of ether oxygens (including phenoxy) is 1. The van der Waals surface area contributed by atoms with Crippen molar-refractivity contribution in [3.05, 3.63) is 53.6 Å². The quantitative estimate of drug-likeness (QED) is 0.567. The van der Waals surface area contributed by atoms with E-state index < -0.39 is 6.61 Å². The summed E-state index contributed by atoms with van der Waals surface area (Å²) in [6.45, 7) is -2.90. The molecule has 0 aliphatic carbocycles. The summed E-state index contributed by atoms with van der Waals surface area (Å²) in [5, 5.41) is 11.1. The monoisotopic (exact) mass is 411 g/mol. The molecule has 1 N–H and O–H groups in total. The molecule has 1 aromatic heterocycles. The van der Waals surface area contributed by atoms with Crippen LogP contribution in [0.25, 0.3) is 11.5 Å². The van der Waals surface area contributed by atoms with Gasteiger partial charge in [-0.1, -0.05) is 35.5 Å². The molecule has 0 bridgehead atoms. The lowest BCUT2D eigenvalue weighted by atomic mass is 10.2. The Morgan fingerprint density at radius 1 is 1.19 bits per heavy atom. The van der Waals surface area contributed by atoms with Gasteiger partial charge in [0.05, 0.1) is 16.3 Å². The van der Waals surface area contributed by atoms with E-state index in [0.29, 0.717) is 16.3 Å². The highest BCUT2D eigenvalue weighted by Gasteiger charge is 2.13. The molecule has 0 aliphatic rings. The topological polar surface area (TPSA) is 77.2 Å². The summed E-state index contributed by atoms with van der Waals surface area (Å²) >= 11 is 7.14. The number of rotatable bonds is 7. The lowest BCUT2D eigenvalue weighted by molar-refractivity contribution is -0.113. The van der Waals surface area contributed by atoms with Crippen molar-refractivity contribution < 1.29 is 22.7 Å². The third kappa shape index (κ3) is 5.41. The maximum atomic E-state index is 12.1. The first kappa shape index (κ1) is 19.1. The molecule has 1 heterocycles. The first-order valence-electron chi connectivity index (χ1n) is 7.57. The van der Waals surface area contributed by atoms with Gasteiger partial charge in [0.25, 0.3) is 5.22 Å². The summed E-state index contributed by atoms with van der Waals surface area (Å²) in [6.07, 6.45) is 0. The highest BCUT2D eigenvalue weighted by molar-refractivity contribution is 7.99. The molecular weight excluding hydrogens is 400 g/mol. The number of carbonyl (C=O) groups is 1. The minimum Gasteiger partial charge on any atom is -0.435 e. The van der Waals surface area contributed by atoms with Crippen molar-refractivity contribution in [3.63, 3.8) is 0 Å². The Hall–Kier alpha value is -2.65. The van der Waals surface area contributed by atoms with Crippen LogP contribution in [0.4, 0.5) is 14.5 Å². The van der Waals surface area contributed by atoms with Gasteiger partial charge in [0.1, 0.15) is 5.75 Å². The van der Waals surface area contributed by atoms with E-state index in [1.165, 1.54) is 24.3 Å². The maximum Gasteiger partial charge on any atom is 0.387 e. The lowest BCUT2D eigenvalue weighted by Crippen LogP contribution is -2.14. The average Bonchev–Trinajstić information content (AvgIpc) is 3.10. The van der Waals surface area contributed by atoms with Crippen molar-refractivity contribution in [3.8, 4) is 17.2 Å². The average molecular weight is 412 g/mol. The summed E-state index contributed by atoms with van der Waals surface area (Å²) in [4.78, 5) is 12.0. The molecule has 3 aromatic rings. The Morgan fingerprint density at radius 2 is 1.93 bits per heavy atom. The van der Waals surface area contributed by atoms with Gasteiger partial charge in [0.2, 0.25) is 11.8 Å².